The Morgan fingerprint density at radius 1 is 0.871 bits per heavy atom. The number of methoxy groups -OCH3 is 4. The van der Waals surface area contributed by atoms with Crippen molar-refractivity contribution >= 4 is 32.6 Å². The third-order valence-electron chi connectivity index (χ3n) is 4.76. The first kappa shape index (κ1) is 22.6. The molecule has 31 heavy (non-hydrogen) atoms. The average molecular weight is 446 g/mol. The predicted octanol–water partition coefficient (Wildman–Crippen LogP) is 3.54. The van der Waals surface area contributed by atoms with Crippen LogP contribution in [0.2, 0.25) is 0 Å². The van der Waals surface area contributed by atoms with Crippen LogP contribution in [0, 0.1) is 0 Å². The second-order valence-corrected chi connectivity index (χ2v) is 8.01. The summed E-state index contributed by atoms with van der Waals surface area (Å²) < 4.78 is 22.3. The molecule has 8 nitrogen and oxygen atoms in total. The summed E-state index contributed by atoms with van der Waals surface area (Å²) in [5.74, 6) is 2.12. The highest BCUT2D eigenvalue weighted by Crippen LogP contribution is 2.38. The number of thiazole rings is 1. The first-order valence-corrected chi connectivity index (χ1v) is 10.4. The molecule has 0 N–H and O–H groups in total. The number of carbonyl (C=O) groups excluding carboxylic acids is 1. The van der Waals surface area contributed by atoms with E-state index in [9.17, 15) is 4.79 Å². The first-order valence-electron chi connectivity index (χ1n) is 9.63. The summed E-state index contributed by atoms with van der Waals surface area (Å²) in [6.07, 6.45) is 0. The zero-order valence-corrected chi connectivity index (χ0v) is 19.4. The maximum Gasteiger partial charge on any atom is 0.260 e. The lowest BCUT2D eigenvalue weighted by Crippen LogP contribution is -2.36. The fraction of sp³-hybridized carbons (Fsp3) is 0.364. The number of likely N-dealkylation sites (N-methyl/N-ethyl adjacent to an activating group) is 1. The van der Waals surface area contributed by atoms with Crippen molar-refractivity contribution < 1.29 is 23.7 Å². The van der Waals surface area contributed by atoms with Crippen molar-refractivity contribution in [2.45, 2.75) is 0 Å². The van der Waals surface area contributed by atoms with Gasteiger partial charge in [0.05, 0.1) is 38.7 Å². The lowest BCUT2D eigenvalue weighted by Gasteiger charge is -2.22. The molecule has 0 unspecified atom stereocenters. The minimum atomic E-state index is -0.166. The van der Waals surface area contributed by atoms with Crippen molar-refractivity contribution in [2.75, 3.05) is 60.5 Å². The van der Waals surface area contributed by atoms with E-state index in [1.54, 1.807) is 51.5 Å². The summed E-state index contributed by atoms with van der Waals surface area (Å²) in [6, 6.07) is 8.83. The van der Waals surface area contributed by atoms with Gasteiger partial charge in [-0.25, -0.2) is 4.98 Å². The molecule has 0 atom stereocenters. The normalized spacial score (nSPS) is 10.9. The molecule has 3 aromatic rings. The zero-order valence-electron chi connectivity index (χ0n) is 18.6. The molecule has 2 aromatic carbocycles. The molecule has 1 heterocycles. The Bertz CT molecular complexity index is 1030. The summed E-state index contributed by atoms with van der Waals surface area (Å²) in [5.41, 5.74) is 1.23. The highest BCUT2D eigenvalue weighted by Gasteiger charge is 2.23. The molecule has 0 bridgehead atoms. The lowest BCUT2D eigenvalue weighted by atomic mass is 10.1. The second-order valence-electron chi connectivity index (χ2n) is 7.00. The minimum Gasteiger partial charge on any atom is -0.493 e. The van der Waals surface area contributed by atoms with Crippen molar-refractivity contribution in [1.29, 1.82) is 0 Å². The van der Waals surface area contributed by atoms with Crippen molar-refractivity contribution in [1.82, 2.24) is 9.88 Å². The summed E-state index contributed by atoms with van der Waals surface area (Å²) in [7, 11) is 10.2. The number of benzene rings is 2. The number of fused-ring (bicyclic) bond motifs is 1. The van der Waals surface area contributed by atoms with Gasteiger partial charge >= 0.3 is 0 Å². The van der Waals surface area contributed by atoms with Gasteiger partial charge in [-0.2, -0.15) is 0 Å². The Morgan fingerprint density at radius 3 is 2.10 bits per heavy atom. The number of ether oxygens (including phenoxy) is 4. The molecular formula is C22H27N3O5S. The SMILES string of the molecule is COc1ccc(C(=O)N(CCN(C)C)c2nc3cc(OC)c(OC)cc3s2)cc1OC. The first-order chi connectivity index (χ1) is 14.9. The van der Waals surface area contributed by atoms with E-state index in [2.05, 4.69) is 0 Å². The van der Waals surface area contributed by atoms with Crippen molar-refractivity contribution in [3.63, 3.8) is 0 Å². The maximum absolute atomic E-state index is 13.5. The van der Waals surface area contributed by atoms with Crippen molar-refractivity contribution in [2.24, 2.45) is 0 Å². The van der Waals surface area contributed by atoms with E-state index >= 15 is 0 Å². The van der Waals surface area contributed by atoms with E-state index in [4.69, 9.17) is 23.9 Å². The van der Waals surface area contributed by atoms with Crippen LogP contribution in [-0.4, -0.2) is 71.4 Å². The van der Waals surface area contributed by atoms with E-state index in [0.717, 1.165) is 10.2 Å². The van der Waals surface area contributed by atoms with Gasteiger partial charge in [0.15, 0.2) is 28.1 Å². The van der Waals surface area contributed by atoms with Crippen LogP contribution in [0.3, 0.4) is 0 Å². The van der Waals surface area contributed by atoms with E-state index in [0.29, 0.717) is 46.8 Å². The van der Waals surface area contributed by atoms with Crippen LogP contribution < -0.4 is 23.8 Å². The smallest absolute Gasteiger partial charge is 0.260 e. The quantitative estimate of drug-likeness (QED) is 0.499. The zero-order chi connectivity index (χ0) is 22.5. The van der Waals surface area contributed by atoms with E-state index in [-0.39, 0.29) is 5.91 Å². The number of hydrogen-bond donors (Lipinski definition) is 0. The van der Waals surface area contributed by atoms with Gasteiger partial charge in [-0.1, -0.05) is 11.3 Å². The largest absolute Gasteiger partial charge is 0.493 e. The third kappa shape index (κ3) is 4.83. The van der Waals surface area contributed by atoms with Gasteiger partial charge in [0.2, 0.25) is 0 Å². The molecule has 1 amide bonds. The van der Waals surface area contributed by atoms with Crippen LogP contribution in [0.25, 0.3) is 10.2 Å². The fourth-order valence-corrected chi connectivity index (χ4v) is 4.07. The van der Waals surface area contributed by atoms with Crippen LogP contribution in [0.5, 0.6) is 23.0 Å². The molecule has 0 saturated carbocycles. The van der Waals surface area contributed by atoms with Gasteiger partial charge < -0.3 is 23.8 Å². The maximum atomic E-state index is 13.5. The van der Waals surface area contributed by atoms with E-state index in [1.807, 2.05) is 31.1 Å². The number of anilines is 1. The lowest BCUT2D eigenvalue weighted by molar-refractivity contribution is 0.0985. The van der Waals surface area contributed by atoms with Gasteiger partial charge in [-0.3, -0.25) is 9.69 Å². The third-order valence-corrected chi connectivity index (χ3v) is 5.80. The number of amides is 1. The number of rotatable bonds is 9. The number of aromatic nitrogens is 1. The Balaban J connectivity index is 2.03. The summed E-state index contributed by atoms with van der Waals surface area (Å²) in [4.78, 5) is 21.9. The molecule has 1 aromatic heterocycles. The number of hydrogen-bond acceptors (Lipinski definition) is 8. The van der Waals surface area contributed by atoms with Crippen LogP contribution in [-0.2, 0) is 0 Å². The van der Waals surface area contributed by atoms with Gasteiger partial charge in [0.1, 0.15) is 0 Å². The number of carbonyl (C=O) groups is 1. The van der Waals surface area contributed by atoms with Gasteiger partial charge in [0, 0.05) is 30.8 Å². The monoisotopic (exact) mass is 445 g/mol. The highest BCUT2D eigenvalue weighted by molar-refractivity contribution is 7.22. The molecule has 3 rings (SSSR count). The molecule has 0 spiro atoms. The highest BCUT2D eigenvalue weighted by atomic mass is 32.1. The van der Waals surface area contributed by atoms with Crippen LogP contribution in [0.15, 0.2) is 30.3 Å². The Morgan fingerprint density at radius 2 is 1.48 bits per heavy atom. The molecule has 0 aliphatic carbocycles. The molecule has 9 heteroatoms. The van der Waals surface area contributed by atoms with Crippen molar-refractivity contribution in [3.8, 4) is 23.0 Å². The molecule has 0 saturated heterocycles. The van der Waals surface area contributed by atoms with Crippen molar-refractivity contribution in [3.05, 3.63) is 35.9 Å². The average Bonchev–Trinajstić information content (AvgIpc) is 3.19. The Kier molecular flexibility index (Phi) is 7.19. The fourth-order valence-electron chi connectivity index (χ4n) is 3.07. The summed E-state index contributed by atoms with van der Waals surface area (Å²) in [6.45, 7) is 1.16. The standard InChI is InChI=1S/C22H27N3O5S/c1-24(2)9-10-25(21(26)14-7-8-16(27-3)17(11-14)28-4)22-23-15-12-18(29-5)19(30-6)13-20(15)31-22/h7-8,11-13H,9-10H2,1-6H3. The molecule has 0 fully saturated rings. The summed E-state index contributed by atoms with van der Waals surface area (Å²) in [5, 5.41) is 0.604. The molecule has 0 aliphatic heterocycles. The Hall–Kier alpha value is -3.04. The summed E-state index contributed by atoms with van der Waals surface area (Å²) >= 11 is 1.43. The minimum absolute atomic E-state index is 0.166. The Labute approximate surface area is 185 Å². The van der Waals surface area contributed by atoms with Gasteiger partial charge in [-0.15, -0.1) is 0 Å². The van der Waals surface area contributed by atoms with Gasteiger partial charge in [0.25, 0.3) is 5.91 Å². The predicted molar refractivity (Wildman–Crippen MR) is 123 cm³/mol. The molecule has 0 radical (unpaired) electrons. The number of nitrogens with zero attached hydrogens (tertiary/aromatic N) is 3. The molecular weight excluding hydrogens is 418 g/mol. The van der Waals surface area contributed by atoms with Crippen LogP contribution in [0.1, 0.15) is 10.4 Å². The van der Waals surface area contributed by atoms with Crippen LogP contribution in [0.4, 0.5) is 5.13 Å². The topological polar surface area (TPSA) is 73.4 Å². The van der Waals surface area contributed by atoms with Gasteiger partial charge in [-0.05, 0) is 32.3 Å². The second kappa shape index (κ2) is 9.84. The molecule has 166 valence electrons. The van der Waals surface area contributed by atoms with Crippen LogP contribution >= 0.6 is 11.3 Å². The van der Waals surface area contributed by atoms with E-state index in [1.165, 1.54) is 11.3 Å². The van der Waals surface area contributed by atoms with E-state index < -0.39 is 0 Å². The molecule has 0 aliphatic rings.